The lowest BCUT2D eigenvalue weighted by atomic mass is 9.90. The van der Waals surface area contributed by atoms with Crippen LogP contribution in [0.3, 0.4) is 0 Å². The van der Waals surface area contributed by atoms with Crippen LogP contribution in [0.5, 0.6) is 11.5 Å². The number of methoxy groups -OCH3 is 2. The predicted octanol–water partition coefficient (Wildman–Crippen LogP) is 2.83. The molecule has 2 amide bonds. The number of carbonyl (C=O) groups excluding carboxylic acids is 2. The van der Waals surface area contributed by atoms with Crippen molar-refractivity contribution in [3.8, 4) is 11.5 Å². The van der Waals surface area contributed by atoms with Crippen LogP contribution in [-0.4, -0.2) is 37.8 Å². The molecular formula is C19H25N3O7. The molecule has 2 rings (SSSR count). The lowest BCUT2D eigenvalue weighted by Gasteiger charge is -2.30. The highest BCUT2D eigenvalue weighted by molar-refractivity contribution is 5.95. The molecule has 1 aliphatic heterocycles. The van der Waals surface area contributed by atoms with Gasteiger partial charge in [0.15, 0.2) is 11.5 Å². The largest absolute Gasteiger partial charge is 0.493 e. The fraction of sp³-hybridized carbons (Fsp3) is 0.474. The summed E-state index contributed by atoms with van der Waals surface area (Å²) in [5.74, 6) is -0.474. The number of amides is 2. The Labute approximate surface area is 168 Å². The molecule has 2 N–H and O–H groups in total. The van der Waals surface area contributed by atoms with E-state index in [2.05, 4.69) is 10.6 Å². The molecule has 0 spiro atoms. The lowest BCUT2D eigenvalue weighted by molar-refractivity contribution is -0.385. The summed E-state index contributed by atoms with van der Waals surface area (Å²) in [5, 5.41) is 16.9. The number of benzene rings is 1. The monoisotopic (exact) mass is 407 g/mol. The van der Waals surface area contributed by atoms with Crippen molar-refractivity contribution in [3.63, 3.8) is 0 Å². The quantitative estimate of drug-likeness (QED) is 0.385. The summed E-state index contributed by atoms with van der Waals surface area (Å²) >= 11 is 0. The van der Waals surface area contributed by atoms with E-state index in [4.69, 9.17) is 14.2 Å². The van der Waals surface area contributed by atoms with Crippen LogP contribution in [0.15, 0.2) is 23.4 Å². The van der Waals surface area contributed by atoms with E-state index in [0.29, 0.717) is 18.7 Å². The molecular weight excluding hydrogens is 382 g/mol. The smallest absolute Gasteiger partial charge is 0.337 e. The summed E-state index contributed by atoms with van der Waals surface area (Å²) in [6.45, 7) is 5.86. The number of nitrogens with one attached hydrogen (secondary N) is 2. The highest BCUT2D eigenvalue weighted by Crippen LogP contribution is 2.41. The number of hydrogen-bond donors (Lipinski definition) is 2. The zero-order valence-corrected chi connectivity index (χ0v) is 17.0. The average molecular weight is 407 g/mol. The second-order valence-corrected chi connectivity index (χ2v) is 6.67. The van der Waals surface area contributed by atoms with Crippen molar-refractivity contribution in [3.05, 3.63) is 39.1 Å². The first-order valence-electron chi connectivity index (χ1n) is 9.14. The molecule has 0 saturated carbocycles. The van der Waals surface area contributed by atoms with Crippen LogP contribution >= 0.6 is 0 Å². The maximum absolute atomic E-state index is 12.5. The van der Waals surface area contributed by atoms with Crippen LogP contribution in [0, 0.1) is 16.0 Å². The van der Waals surface area contributed by atoms with Crippen LogP contribution in [0.2, 0.25) is 0 Å². The van der Waals surface area contributed by atoms with Gasteiger partial charge in [0.1, 0.15) is 0 Å². The van der Waals surface area contributed by atoms with Gasteiger partial charge in [0.25, 0.3) is 5.69 Å². The number of rotatable bonds is 8. The van der Waals surface area contributed by atoms with Crippen molar-refractivity contribution in [1.82, 2.24) is 10.6 Å². The molecule has 29 heavy (non-hydrogen) atoms. The minimum absolute atomic E-state index is 0.0929. The molecule has 1 unspecified atom stereocenters. The number of nitro groups is 1. The molecule has 1 atom stereocenters. The van der Waals surface area contributed by atoms with Crippen molar-refractivity contribution in [1.29, 1.82) is 0 Å². The molecule has 0 saturated heterocycles. The molecule has 10 nitrogen and oxygen atoms in total. The summed E-state index contributed by atoms with van der Waals surface area (Å²) < 4.78 is 15.8. The van der Waals surface area contributed by atoms with Gasteiger partial charge in [-0.2, -0.15) is 0 Å². The molecule has 1 heterocycles. The summed E-state index contributed by atoms with van der Waals surface area (Å²) in [6, 6.07) is 0.971. The topological polar surface area (TPSA) is 129 Å². The van der Waals surface area contributed by atoms with Gasteiger partial charge in [0.2, 0.25) is 0 Å². The van der Waals surface area contributed by atoms with Gasteiger partial charge >= 0.3 is 12.0 Å². The molecule has 0 aromatic heterocycles. The Morgan fingerprint density at radius 2 is 1.97 bits per heavy atom. The minimum atomic E-state index is -1.09. The van der Waals surface area contributed by atoms with E-state index in [1.54, 1.807) is 13.8 Å². The molecule has 0 aliphatic carbocycles. The number of esters is 1. The average Bonchev–Trinajstić information content (AvgIpc) is 2.69. The van der Waals surface area contributed by atoms with Crippen LogP contribution in [-0.2, 0) is 9.53 Å². The summed E-state index contributed by atoms with van der Waals surface area (Å²) in [4.78, 5) is 35.9. The number of carbonyl (C=O) groups is 2. The number of urea groups is 1. The first kappa shape index (κ1) is 22.0. The Balaban J connectivity index is 2.76. The van der Waals surface area contributed by atoms with E-state index >= 15 is 0 Å². The highest BCUT2D eigenvalue weighted by Gasteiger charge is 2.38. The van der Waals surface area contributed by atoms with E-state index in [9.17, 15) is 19.7 Å². The Hall–Kier alpha value is -3.30. The Morgan fingerprint density at radius 1 is 1.28 bits per heavy atom. The number of ether oxygens (including phenoxy) is 3. The van der Waals surface area contributed by atoms with Crippen molar-refractivity contribution < 1.29 is 28.7 Å². The van der Waals surface area contributed by atoms with E-state index in [1.165, 1.54) is 26.4 Å². The summed E-state index contributed by atoms with van der Waals surface area (Å²) in [5.41, 5.74) is 0.210. The molecule has 0 radical (unpaired) electrons. The first-order chi connectivity index (χ1) is 13.7. The molecule has 10 heteroatoms. The van der Waals surface area contributed by atoms with Crippen molar-refractivity contribution in [2.24, 2.45) is 5.92 Å². The number of nitrogens with zero attached hydrogens (tertiary/aromatic N) is 1. The normalized spacial score (nSPS) is 16.2. The fourth-order valence-corrected chi connectivity index (χ4v) is 3.05. The maximum Gasteiger partial charge on any atom is 0.337 e. The number of nitro benzene ring substituents is 1. The zero-order valence-electron chi connectivity index (χ0n) is 17.0. The second-order valence-electron chi connectivity index (χ2n) is 6.67. The molecule has 1 aromatic rings. The van der Waals surface area contributed by atoms with Gasteiger partial charge in [-0.05, 0) is 18.4 Å². The highest BCUT2D eigenvalue weighted by atomic mass is 16.6. The van der Waals surface area contributed by atoms with Crippen molar-refractivity contribution in [2.75, 3.05) is 20.8 Å². The minimum Gasteiger partial charge on any atom is -0.493 e. The van der Waals surface area contributed by atoms with Gasteiger partial charge in [-0.25, -0.2) is 9.59 Å². The van der Waals surface area contributed by atoms with E-state index in [1.807, 2.05) is 6.92 Å². The van der Waals surface area contributed by atoms with Gasteiger partial charge in [-0.3, -0.25) is 10.1 Å². The first-order valence-corrected chi connectivity index (χ1v) is 9.14. The van der Waals surface area contributed by atoms with E-state index < -0.39 is 23.0 Å². The standard InChI is InChI=1S/C19H25N3O7/c1-6-7-29-14-8-11(12(22(25)26)9-13(14)27-4)17-15(18(23)28-5)16(10(2)3)20-19(24)21-17/h8-10,17H,6-7H2,1-5H3,(H2,20,21,24). The predicted molar refractivity (Wildman–Crippen MR) is 104 cm³/mol. The van der Waals surface area contributed by atoms with Gasteiger partial charge in [0.05, 0.1) is 49.0 Å². The Morgan fingerprint density at radius 3 is 2.48 bits per heavy atom. The van der Waals surface area contributed by atoms with Crippen LogP contribution in [0.1, 0.15) is 38.8 Å². The molecule has 1 aromatic carbocycles. The van der Waals surface area contributed by atoms with Crippen LogP contribution in [0.4, 0.5) is 10.5 Å². The lowest BCUT2D eigenvalue weighted by Crippen LogP contribution is -2.47. The fourth-order valence-electron chi connectivity index (χ4n) is 3.05. The van der Waals surface area contributed by atoms with Crippen molar-refractivity contribution in [2.45, 2.75) is 33.2 Å². The molecule has 0 bridgehead atoms. The third kappa shape index (κ3) is 4.58. The summed E-state index contributed by atoms with van der Waals surface area (Å²) in [7, 11) is 2.58. The Kier molecular flexibility index (Phi) is 7.03. The zero-order chi connectivity index (χ0) is 21.7. The van der Waals surface area contributed by atoms with Gasteiger partial charge < -0.3 is 24.8 Å². The van der Waals surface area contributed by atoms with Gasteiger partial charge in [-0.1, -0.05) is 20.8 Å². The number of hydrogen-bond acceptors (Lipinski definition) is 7. The van der Waals surface area contributed by atoms with E-state index in [-0.39, 0.29) is 34.2 Å². The van der Waals surface area contributed by atoms with Crippen molar-refractivity contribution >= 4 is 17.7 Å². The molecule has 0 fully saturated rings. The second kappa shape index (κ2) is 9.26. The maximum atomic E-state index is 12.5. The third-order valence-corrected chi connectivity index (χ3v) is 4.37. The molecule has 158 valence electrons. The van der Waals surface area contributed by atoms with Gasteiger partial charge in [0, 0.05) is 5.70 Å². The summed E-state index contributed by atoms with van der Waals surface area (Å²) in [6.07, 6.45) is 0.713. The van der Waals surface area contributed by atoms with Crippen LogP contribution < -0.4 is 20.1 Å². The number of allylic oxidation sites excluding steroid dienone is 1. The molecule has 1 aliphatic rings. The van der Waals surface area contributed by atoms with E-state index in [0.717, 1.165) is 0 Å². The SMILES string of the molecule is CCCOc1cc(C2NC(=O)NC(C(C)C)=C2C(=O)OC)c([N+](=O)[O-])cc1OC. The van der Waals surface area contributed by atoms with Crippen LogP contribution in [0.25, 0.3) is 0 Å². The van der Waals surface area contributed by atoms with Gasteiger partial charge in [-0.15, -0.1) is 0 Å². The Bertz CT molecular complexity index is 848. The third-order valence-electron chi connectivity index (χ3n) is 4.37.